The molecular weight excluding hydrogens is 292 g/mol. The summed E-state index contributed by atoms with van der Waals surface area (Å²) in [6.07, 6.45) is -0.456. The first kappa shape index (κ1) is 15.4. The van der Waals surface area contributed by atoms with Crippen molar-refractivity contribution in [2.75, 3.05) is 13.2 Å². The maximum atomic E-state index is 12.1. The molecule has 3 rings (SSSR count). The minimum Gasteiger partial charge on any atom is -0.396 e. The molecule has 5 N–H and O–H groups in total. The first-order valence-electron chi connectivity index (χ1n) is 7.26. The van der Waals surface area contributed by atoms with Crippen molar-refractivity contribution in [3.8, 4) is 0 Å². The fourth-order valence-electron chi connectivity index (χ4n) is 4.28. The molecule has 2 bridgehead atoms. The molecule has 2 aliphatic carbocycles. The second-order valence-electron chi connectivity index (χ2n) is 6.52. The molecule has 0 radical (unpaired) electrons. The molecule has 0 aliphatic heterocycles. The predicted octanol–water partition coefficient (Wildman–Crippen LogP) is -2.27. The largest absolute Gasteiger partial charge is 0.396 e. The minimum absolute atomic E-state index is 0.304. The van der Waals surface area contributed by atoms with Crippen molar-refractivity contribution in [3.05, 3.63) is 32.6 Å². The fraction of sp³-hybridized carbons (Fsp3) is 0.714. The summed E-state index contributed by atoms with van der Waals surface area (Å²) in [5, 5.41) is 39.8. The van der Waals surface area contributed by atoms with Crippen LogP contribution in [0.3, 0.4) is 0 Å². The van der Waals surface area contributed by atoms with Gasteiger partial charge in [-0.25, -0.2) is 4.79 Å². The molecule has 122 valence electrons. The monoisotopic (exact) mass is 312 g/mol. The first-order chi connectivity index (χ1) is 10.4. The Hall–Kier alpha value is -1.48. The zero-order valence-electron chi connectivity index (χ0n) is 12.1. The Morgan fingerprint density at radius 3 is 2.50 bits per heavy atom. The Morgan fingerprint density at radius 2 is 1.91 bits per heavy atom. The van der Waals surface area contributed by atoms with E-state index in [0.29, 0.717) is 12.0 Å². The lowest BCUT2D eigenvalue weighted by atomic mass is 9.72. The molecule has 5 atom stereocenters. The first-order valence-corrected chi connectivity index (χ1v) is 7.26. The smallest absolute Gasteiger partial charge is 0.328 e. The molecule has 0 unspecified atom stereocenters. The van der Waals surface area contributed by atoms with Crippen molar-refractivity contribution < 1.29 is 20.4 Å². The van der Waals surface area contributed by atoms with E-state index in [9.17, 15) is 30.0 Å². The van der Waals surface area contributed by atoms with Crippen molar-refractivity contribution in [2.45, 2.75) is 31.6 Å². The number of nitrogens with one attached hydrogen (secondary N) is 1. The number of aliphatic hydroxyl groups is 4. The predicted molar refractivity (Wildman–Crippen MR) is 75.3 cm³/mol. The Kier molecular flexibility index (Phi) is 3.52. The van der Waals surface area contributed by atoms with Gasteiger partial charge in [0.05, 0.1) is 25.4 Å². The average molecular weight is 312 g/mol. The molecule has 1 aromatic rings. The topological polar surface area (TPSA) is 136 Å². The van der Waals surface area contributed by atoms with Crippen LogP contribution < -0.4 is 11.2 Å². The molecule has 1 heterocycles. The lowest BCUT2D eigenvalue weighted by Gasteiger charge is -2.38. The van der Waals surface area contributed by atoms with E-state index in [0.717, 1.165) is 0 Å². The zero-order valence-corrected chi connectivity index (χ0v) is 12.1. The lowest BCUT2D eigenvalue weighted by molar-refractivity contribution is -0.0983. The molecule has 8 heteroatoms. The van der Waals surface area contributed by atoms with Crippen molar-refractivity contribution in [1.82, 2.24) is 9.55 Å². The maximum Gasteiger partial charge on any atom is 0.328 e. The summed E-state index contributed by atoms with van der Waals surface area (Å²) >= 11 is 0. The average Bonchev–Trinajstić information content (AvgIpc) is 2.95. The second kappa shape index (κ2) is 5.02. The summed E-state index contributed by atoms with van der Waals surface area (Å²) in [4.78, 5) is 25.8. The molecule has 2 fully saturated rings. The third kappa shape index (κ3) is 1.84. The Bertz CT molecular complexity index is 691. The standard InChI is InChI=1S/C14H20N2O6/c1-6-3-16(13(22)15-12(6)21)9-7-2-14(4-17,5-18)8(9)11(20)10(7)19/h3,7-11,17-20H,2,4-5H2,1H3,(H,15,21,22)/t7-,8+,9+,10+,11-/m0/s1. The number of aromatic amines is 1. The van der Waals surface area contributed by atoms with E-state index in [1.165, 1.54) is 10.8 Å². The summed E-state index contributed by atoms with van der Waals surface area (Å²) in [6, 6.07) is -0.577. The number of hydrogen-bond donors (Lipinski definition) is 5. The van der Waals surface area contributed by atoms with E-state index in [1.807, 2.05) is 0 Å². The number of nitrogens with zero attached hydrogens (tertiary/aromatic N) is 1. The van der Waals surface area contributed by atoms with Crippen LogP contribution in [0, 0.1) is 24.2 Å². The van der Waals surface area contributed by atoms with Gasteiger partial charge in [0.1, 0.15) is 0 Å². The van der Waals surface area contributed by atoms with Crippen molar-refractivity contribution in [1.29, 1.82) is 0 Å². The van der Waals surface area contributed by atoms with Gasteiger partial charge < -0.3 is 20.4 Å². The van der Waals surface area contributed by atoms with Gasteiger partial charge in [-0.15, -0.1) is 0 Å². The van der Waals surface area contributed by atoms with Gasteiger partial charge in [-0.05, 0) is 13.3 Å². The van der Waals surface area contributed by atoms with Crippen LogP contribution in [0.25, 0.3) is 0 Å². The van der Waals surface area contributed by atoms with Gasteiger partial charge in [-0.2, -0.15) is 0 Å². The number of aromatic nitrogens is 2. The Balaban J connectivity index is 2.14. The maximum absolute atomic E-state index is 12.1. The highest BCUT2D eigenvalue weighted by atomic mass is 16.3. The van der Waals surface area contributed by atoms with Gasteiger partial charge >= 0.3 is 5.69 Å². The number of aryl methyl sites for hydroxylation is 1. The molecule has 2 aliphatic rings. The van der Waals surface area contributed by atoms with Crippen LogP contribution in [0.2, 0.25) is 0 Å². The number of rotatable bonds is 3. The highest BCUT2D eigenvalue weighted by molar-refractivity contribution is 5.16. The normalized spacial score (nSPS) is 36.0. The number of fused-ring (bicyclic) bond motifs is 2. The van der Waals surface area contributed by atoms with Crippen LogP contribution >= 0.6 is 0 Å². The van der Waals surface area contributed by atoms with E-state index < -0.39 is 46.7 Å². The van der Waals surface area contributed by atoms with Gasteiger partial charge in [-0.3, -0.25) is 14.3 Å². The molecular formula is C14H20N2O6. The van der Waals surface area contributed by atoms with E-state index >= 15 is 0 Å². The van der Waals surface area contributed by atoms with E-state index in [-0.39, 0.29) is 13.2 Å². The number of aliphatic hydroxyl groups excluding tert-OH is 4. The minimum atomic E-state index is -1.14. The van der Waals surface area contributed by atoms with Gasteiger partial charge in [0.25, 0.3) is 5.56 Å². The molecule has 0 aromatic carbocycles. The SMILES string of the molecule is Cc1cn([C@@H]2[C@@H]3CC(CO)(CO)[C@H]2[C@H](O)[C@@H]3O)c(=O)[nH]c1=O. The quantitative estimate of drug-likeness (QED) is 0.427. The van der Waals surface area contributed by atoms with Crippen molar-refractivity contribution in [3.63, 3.8) is 0 Å². The third-order valence-corrected chi connectivity index (χ3v) is 5.41. The van der Waals surface area contributed by atoms with E-state index in [4.69, 9.17) is 0 Å². The summed E-state index contributed by atoms with van der Waals surface area (Å²) in [5.41, 5.74) is -1.71. The molecule has 0 spiro atoms. The molecule has 8 nitrogen and oxygen atoms in total. The molecule has 2 saturated carbocycles. The lowest BCUT2D eigenvalue weighted by Crippen LogP contribution is -2.48. The number of hydrogen-bond acceptors (Lipinski definition) is 6. The van der Waals surface area contributed by atoms with Crippen LogP contribution in [-0.4, -0.2) is 55.4 Å². The van der Waals surface area contributed by atoms with Crippen LogP contribution in [0.5, 0.6) is 0 Å². The summed E-state index contributed by atoms with van der Waals surface area (Å²) in [7, 11) is 0. The molecule has 22 heavy (non-hydrogen) atoms. The third-order valence-electron chi connectivity index (χ3n) is 5.41. The van der Waals surface area contributed by atoms with Gasteiger partial charge in [-0.1, -0.05) is 0 Å². The Labute approximate surface area is 125 Å². The Morgan fingerprint density at radius 1 is 1.27 bits per heavy atom. The summed E-state index contributed by atoms with van der Waals surface area (Å²) in [6.45, 7) is 0.869. The fourth-order valence-corrected chi connectivity index (χ4v) is 4.28. The number of H-pyrrole nitrogens is 1. The summed E-state index contributed by atoms with van der Waals surface area (Å²) < 4.78 is 1.30. The highest BCUT2D eigenvalue weighted by Crippen LogP contribution is 2.60. The van der Waals surface area contributed by atoms with E-state index in [1.54, 1.807) is 6.92 Å². The molecule has 1 aromatic heterocycles. The van der Waals surface area contributed by atoms with Crippen LogP contribution in [-0.2, 0) is 0 Å². The highest BCUT2D eigenvalue weighted by Gasteiger charge is 2.65. The van der Waals surface area contributed by atoms with E-state index in [2.05, 4.69) is 4.98 Å². The van der Waals surface area contributed by atoms with Gasteiger partial charge in [0.2, 0.25) is 0 Å². The molecule has 0 saturated heterocycles. The summed E-state index contributed by atoms with van der Waals surface area (Å²) in [5.74, 6) is -1.13. The van der Waals surface area contributed by atoms with Crippen molar-refractivity contribution in [2.24, 2.45) is 17.3 Å². The molecule has 0 amide bonds. The van der Waals surface area contributed by atoms with Crippen LogP contribution in [0.1, 0.15) is 18.0 Å². The van der Waals surface area contributed by atoms with Gasteiger partial charge in [0, 0.05) is 35.1 Å². The van der Waals surface area contributed by atoms with Crippen LogP contribution in [0.4, 0.5) is 0 Å². The zero-order chi connectivity index (χ0) is 16.2. The van der Waals surface area contributed by atoms with Gasteiger partial charge in [0.15, 0.2) is 0 Å². The van der Waals surface area contributed by atoms with Crippen LogP contribution in [0.15, 0.2) is 15.8 Å². The second-order valence-corrected chi connectivity index (χ2v) is 6.52. The van der Waals surface area contributed by atoms with Crippen molar-refractivity contribution >= 4 is 0 Å².